The first-order valence-electron chi connectivity index (χ1n) is 5.08. The van der Waals surface area contributed by atoms with Gasteiger partial charge < -0.3 is 5.32 Å². The summed E-state index contributed by atoms with van der Waals surface area (Å²) in [5.41, 5.74) is 0.0862. The van der Waals surface area contributed by atoms with Crippen molar-refractivity contribution in [2.45, 2.75) is 25.6 Å². The summed E-state index contributed by atoms with van der Waals surface area (Å²) in [4.78, 5) is 0. The van der Waals surface area contributed by atoms with E-state index in [2.05, 4.69) is 5.32 Å². The van der Waals surface area contributed by atoms with Crippen molar-refractivity contribution in [3.63, 3.8) is 0 Å². The minimum Gasteiger partial charge on any atom is -0.310 e. The predicted molar refractivity (Wildman–Crippen MR) is 53.4 cm³/mol. The summed E-state index contributed by atoms with van der Waals surface area (Å²) in [6.45, 7) is 1.95. The summed E-state index contributed by atoms with van der Waals surface area (Å²) < 4.78 is 62.5. The topological polar surface area (TPSA) is 12.0 Å². The Balaban J connectivity index is 2.93. The van der Waals surface area contributed by atoms with Crippen LogP contribution < -0.4 is 5.32 Å². The predicted octanol–water partition coefficient (Wildman–Crippen LogP) is 3.57. The highest BCUT2D eigenvalue weighted by atomic mass is 19.4. The standard InChI is InChI=1S/C11H12F5N/c1-2-17-10(6-11(14,15)16)7-3-4-8(12)9(13)5-7/h3-5,10,17H,2,6H2,1H3. The van der Waals surface area contributed by atoms with Crippen LogP contribution in [0.4, 0.5) is 22.0 Å². The number of halogens is 5. The van der Waals surface area contributed by atoms with Crippen molar-refractivity contribution in [2.24, 2.45) is 0 Å². The SMILES string of the molecule is CCNC(CC(F)(F)F)c1ccc(F)c(F)c1. The molecule has 0 fully saturated rings. The second-order valence-electron chi connectivity index (χ2n) is 3.60. The van der Waals surface area contributed by atoms with Gasteiger partial charge in [0, 0.05) is 6.04 Å². The van der Waals surface area contributed by atoms with E-state index in [4.69, 9.17) is 0 Å². The van der Waals surface area contributed by atoms with Crippen molar-refractivity contribution >= 4 is 0 Å². The molecule has 1 N–H and O–H groups in total. The monoisotopic (exact) mass is 253 g/mol. The molecule has 0 bridgehead atoms. The van der Waals surface area contributed by atoms with Gasteiger partial charge in [-0.25, -0.2) is 8.78 Å². The van der Waals surface area contributed by atoms with Gasteiger partial charge in [0.2, 0.25) is 0 Å². The molecule has 96 valence electrons. The third kappa shape index (κ3) is 4.30. The lowest BCUT2D eigenvalue weighted by molar-refractivity contribution is -0.140. The Morgan fingerprint density at radius 1 is 1.18 bits per heavy atom. The second kappa shape index (κ2) is 5.44. The highest BCUT2D eigenvalue weighted by molar-refractivity contribution is 5.21. The van der Waals surface area contributed by atoms with Crippen LogP contribution in [0.15, 0.2) is 18.2 Å². The van der Waals surface area contributed by atoms with Gasteiger partial charge in [0.05, 0.1) is 6.42 Å². The molecule has 0 amide bonds. The molecule has 1 atom stereocenters. The molecule has 0 aliphatic rings. The lowest BCUT2D eigenvalue weighted by atomic mass is 10.0. The molecular formula is C11H12F5N. The molecular weight excluding hydrogens is 241 g/mol. The Hall–Kier alpha value is -1.17. The maximum atomic E-state index is 12.9. The maximum absolute atomic E-state index is 12.9. The van der Waals surface area contributed by atoms with E-state index >= 15 is 0 Å². The Morgan fingerprint density at radius 3 is 2.29 bits per heavy atom. The van der Waals surface area contributed by atoms with E-state index in [1.807, 2.05) is 0 Å². The first kappa shape index (κ1) is 13.9. The zero-order valence-electron chi connectivity index (χ0n) is 9.11. The van der Waals surface area contributed by atoms with Gasteiger partial charge >= 0.3 is 6.18 Å². The summed E-state index contributed by atoms with van der Waals surface area (Å²) in [7, 11) is 0. The van der Waals surface area contributed by atoms with Crippen LogP contribution in [0, 0.1) is 11.6 Å². The van der Waals surface area contributed by atoms with Crippen LogP contribution in [0.2, 0.25) is 0 Å². The van der Waals surface area contributed by atoms with Crippen LogP contribution in [0.5, 0.6) is 0 Å². The summed E-state index contributed by atoms with van der Waals surface area (Å²) in [5.74, 6) is -2.22. The highest BCUT2D eigenvalue weighted by Crippen LogP contribution is 2.29. The average molecular weight is 253 g/mol. The molecule has 1 nitrogen and oxygen atoms in total. The molecule has 1 rings (SSSR count). The number of benzene rings is 1. The van der Waals surface area contributed by atoms with E-state index in [1.165, 1.54) is 0 Å². The number of hydrogen-bond donors (Lipinski definition) is 1. The molecule has 0 spiro atoms. The minimum atomic E-state index is -4.36. The first-order chi connectivity index (χ1) is 7.83. The second-order valence-corrected chi connectivity index (χ2v) is 3.60. The molecule has 17 heavy (non-hydrogen) atoms. The molecule has 0 aliphatic heterocycles. The number of hydrogen-bond acceptors (Lipinski definition) is 1. The smallest absolute Gasteiger partial charge is 0.310 e. The van der Waals surface area contributed by atoms with Gasteiger partial charge in [-0.1, -0.05) is 13.0 Å². The molecule has 0 saturated carbocycles. The fraction of sp³-hybridized carbons (Fsp3) is 0.455. The zero-order chi connectivity index (χ0) is 13.1. The van der Waals surface area contributed by atoms with E-state index in [0.29, 0.717) is 6.54 Å². The van der Waals surface area contributed by atoms with Gasteiger partial charge in [0.15, 0.2) is 11.6 Å². The Morgan fingerprint density at radius 2 is 1.82 bits per heavy atom. The van der Waals surface area contributed by atoms with Gasteiger partial charge in [-0.05, 0) is 24.2 Å². The average Bonchev–Trinajstić information content (AvgIpc) is 2.19. The van der Waals surface area contributed by atoms with Crippen molar-refractivity contribution < 1.29 is 22.0 Å². The molecule has 1 aromatic rings. The summed E-state index contributed by atoms with van der Waals surface area (Å²) >= 11 is 0. The Labute approximate surface area is 95.6 Å². The van der Waals surface area contributed by atoms with Gasteiger partial charge in [0.1, 0.15) is 0 Å². The maximum Gasteiger partial charge on any atom is 0.390 e. The third-order valence-corrected chi connectivity index (χ3v) is 2.23. The molecule has 0 heterocycles. The quantitative estimate of drug-likeness (QED) is 0.809. The van der Waals surface area contributed by atoms with Crippen molar-refractivity contribution in [1.29, 1.82) is 0 Å². The van der Waals surface area contributed by atoms with Gasteiger partial charge in [-0.15, -0.1) is 0 Å². The fourth-order valence-corrected chi connectivity index (χ4v) is 1.51. The number of alkyl halides is 3. The van der Waals surface area contributed by atoms with E-state index in [0.717, 1.165) is 18.2 Å². The molecule has 6 heteroatoms. The lowest BCUT2D eigenvalue weighted by Crippen LogP contribution is -2.26. The molecule has 1 aromatic carbocycles. The van der Waals surface area contributed by atoms with Gasteiger partial charge in [0.25, 0.3) is 0 Å². The van der Waals surface area contributed by atoms with Crippen LogP contribution in [-0.2, 0) is 0 Å². The molecule has 0 aromatic heterocycles. The van der Waals surface area contributed by atoms with Crippen molar-refractivity contribution in [1.82, 2.24) is 5.32 Å². The highest BCUT2D eigenvalue weighted by Gasteiger charge is 2.32. The van der Waals surface area contributed by atoms with Gasteiger partial charge in [-0.2, -0.15) is 13.2 Å². The lowest BCUT2D eigenvalue weighted by Gasteiger charge is -2.20. The number of nitrogens with one attached hydrogen (secondary N) is 1. The molecule has 0 radical (unpaired) electrons. The van der Waals surface area contributed by atoms with Crippen LogP contribution in [0.25, 0.3) is 0 Å². The summed E-state index contributed by atoms with van der Waals surface area (Å²) in [6.07, 6.45) is -5.48. The first-order valence-corrected chi connectivity index (χ1v) is 5.08. The Kier molecular flexibility index (Phi) is 4.45. The zero-order valence-corrected chi connectivity index (χ0v) is 9.11. The summed E-state index contributed by atoms with van der Waals surface area (Å²) in [6, 6.07) is 1.70. The third-order valence-electron chi connectivity index (χ3n) is 2.23. The van der Waals surface area contributed by atoms with Crippen molar-refractivity contribution in [2.75, 3.05) is 6.54 Å². The largest absolute Gasteiger partial charge is 0.390 e. The van der Waals surface area contributed by atoms with E-state index < -0.39 is 30.3 Å². The van der Waals surface area contributed by atoms with E-state index in [1.54, 1.807) is 6.92 Å². The molecule has 1 unspecified atom stereocenters. The van der Waals surface area contributed by atoms with Gasteiger partial charge in [-0.3, -0.25) is 0 Å². The summed E-state index contributed by atoms with van der Waals surface area (Å²) in [5, 5.41) is 2.59. The van der Waals surface area contributed by atoms with E-state index in [-0.39, 0.29) is 5.56 Å². The van der Waals surface area contributed by atoms with Crippen LogP contribution in [0.1, 0.15) is 24.9 Å². The van der Waals surface area contributed by atoms with Crippen molar-refractivity contribution in [3.8, 4) is 0 Å². The van der Waals surface area contributed by atoms with Crippen molar-refractivity contribution in [3.05, 3.63) is 35.4 Å². The van der Waals surface area contributed by atoms with Crippen LogP contribution in [0.3, 0.4) is 0 Å². The van der Waals surface area contributed by atoms with Crippen LogP contribution >= 0.6 is 0 Å². The minimum absolute atomic E-state index is 0.0862. The molecule has 0 saturated heterocycles. The molecule has 0 aliphatic carbocycles. The van der Waals surface area contributed by atoms with E-state index in [9.17, 15) is 22.0 Å². The number of rotatable bonds is 4. The Bertz CT molecular complexity index is 375. The van der Waals surface area contributed by atoms with Crippen LogP contribution in [-0.4, -0.2) is 12.7 Å². The normalized spacial score (nSPS) is 13.8. The fourth-order valence-electron chi connectivity index (χ4n) is 1.51.